The van der Waals surface area contributed by atoms with Crippen LogP contribution in [0.3, 0.4) is 0 Å². The predicted molar refractivity (Wildman–Crippen MR) is 102 cm³/mol. The third-order valence-electron chi connectivity index (χ3n) is 4.43. The first-order valence-corrected chi connectivity index (χ1v) is 8.69. The molecule has 128 valence electrons. The lowest BCUT2D eigenvalue weighted by Crippen LogP contribution is -2.39. The van der Waals surface area contributed by atoms with Crippen molar-refractivity contribution in [2.75, 3.05) is 0 Å². The molecule has 0 aromatic heterocycles. The Kier molecular flexibility index (Phi) is 5.05. The molecule has 2 aromatic carbocycles. The molecule has 0 amide bonds. The van der Waals surface area contributed by atoms with Gasteiger partial charge in [0.25, 0.3) is 0 Å². The summed E-state index contributed by atoms with van der Waals surface area (Å²) in [7, 11) is 0. The summed E-state index contributed by atoms with van der Waals surface area (Å²) < 4.78 is 5.50. The molecule has 3 rings (SSSR count). The maximum Gasteiger partial charge on any atom is 0.341 e. The summed E-state index contributed by atoms with van der Waals surface area (Å²) in [6, 6.07) is 17.1. The Morgan fingerprint density at radius 2 is 1.80 bits per heavy atom. The van der Waals surface area contributed by atoms with Gasteiger partial charge in [-0.2, -0.15) is 0 Å². The van der Waals surface area contributed by atoms with Crippen LogP contribution in [0.25, 0.3) is 6.08 Å². The van der Waals surface area contributed by atoms with E-state index in [0.717, 1.165) is 11.1 Å². The van der Waals surface area contributed by atoms with Gasteiger partial charge in [-0.3, -0.25) is 0 Å². The summed E-state index contributed by atoms with van der Waals surface area (Å²) in [6.45, 7) is 3.98. The summed E-state index contributed by atoms with van der Waals surface area (Å²) in [5.41, 5.74) is 0.960. The smallest absolute Gasteiger partial charge is 0.341 e. The molecule has 1 heterocycles. The van der Waals surface area contributed by atoms with Gasteiger partial charge in [-0.1, -0.05) is 67.9 Å². The van der Waals surface area contributed by atoms with E-state index in [9.17, 15) is 4.79 Å². The molecule has 25 heavy (non-hydrogen) atoms. The van der Waals surface area contributed by atoms with E-state index in [-0.39, 0.29) is 11.9 Å². The molecule has 0 saturated heterocycles. The van der Waals surface area contributed by atoms with Crippen molar-refractivity contribution >= 4 is 29.5 Å². The Hall–Kier alpha value is -2.39. The molecule has 0 N–H and O–H groups in total. The SMILES string of the molecule is CC(C)[C@@]1(C/C=C/c2ccccc2)N=C(c2ccc(Cl)cc2)OC1=O. The minimum absolute atomic E-state index is 0.0187. The van der Waals surface area contributed by atoms with Gasteiger partial charge in [0.1, 0.15) is 0 Å². The van der Waals surface area contributed by atoms with Crippen LogP contribution >= 0.6 is 11.6 Å². The minimum atomic E-state index is -0.889. The van der Waals surface area contributed by atoms with E-state index in [1.807, 2.05) is 68.5 Å². The zero-order valence-corrected chi connectivity index (χ0v) is 15.0. The number of cyclic esters (lactones) is 1. The Morgan fingerprint density at radius 1 is 1.12 bits per heavy atom. The highest BCUT2D eigenvalue weighted by molar-refractivity contribution is 6.30. The summed E-state index contributed by atoms with van der Waals surface area (Å²) in [6.07, 6.45) is 4.49. The Bertz CT molecular complexity index is 810. The quantitative estimate of drug-likeness (QED) is 0.698. The number of nitrogens with zero attached hydrogens (tertiary/aromatic N) is 1. The topological polar surface area (TPSA) is 38.7 Å². The first-order valence-electron chi connectivity index (χ1n) is 8.31. The molecule has 1 atom stereocenters. The van der Waals surface area contributed by atoms with Gasteiger partial charge in [-0.25, -0.2) is 9.79 Å². The zero-order valence-electron chi connectivity index (χ0n) is 14.3. The first-order chi connectivity index (χ1) is 12.0. The fourth-order valence-corrected chi connectivity index (χ4v) is 2.94. The number of esters is 1. The van der Waals surface area contributed by atoms with Crippen LogP contribution in [0.2, 0.25) is 5.02 Å². The zero-order chi connectivity index (χ0) is 17.9. The Balaban J connectivity index is 1.87. The van der Waals surface area contributed by atoms with Gasteiger partial charge in [-0.05, 0) is 35.7 Å². The molecule has 0 saturated carbocycles. The van der Waals surface area contributed by atoms with Crippen molar-refractivity contribution in [2.45, 2.75) is 25.8 Å². The Labute approximate surface area is 153 Å². The molecule has 0 bridgehead atoms. The van der Waals surface area contributed by atoms with Crippen molar-refractivity contribution < 1.29 is 9.53 Å². The number of ether oxygens (including phenoxy) is 1. The number of carbonyl (C=O) groups excluding carboxylic acids is 1. The molecular weight excluding hydrogens is 334 g/mol. The van der Waals surface area contributed by atoms with Gasteiger partial charge in [-0.15, -0.1) is 0 Å². The van der Waals surface area contributed by atoms with Crippen molar-refractivity contribution in [1.82, 2.24) is 0 Å². The normalized spacial score (nSPS) is 20.2. The Morgan fingerprint density at radius 3 is 2.44 bits per heavy atom. The number of halogens is 1. The molecule has 4 heteroatoms. The summed E-state index contributed by atoms with van der Waals surface area (Å²) in [5, 5.41) is 0.634. The van der Waals surface area contributed by atoms with Crippen LogP contribution in [0, 0.1) is 5.92 Å². The fourth-order valence-electron chi connectivity index (χ4n) is 2.81. The van der Waals surface area contributed by atoms with E-state index in [0.29, 0.717) is 17.3 Å². The van der Waals surface area contributed by atoms with Crippen LogP contribution in [0.15, 0.2) is 65.7 Å². The highest BCUT2D eigenvalue weighted by Gasteiger charge is 2.47. The highest BCUT2D eigenvalue weighted by Crippen LogP contribution is 2.34. The third kappa shape index (κ3) is 3.67. The number of carbonyl (C=O) groups is 1. The molecule has 1 aliphatic rings. The standard InChI is InChI=1S/C21H20ClNO2/c1-15(2)21(14-6-9-16-7-4-3-5-8-16)20(24)25-19(23-21)17-10-12-18(22)13-11-17/h3-13,15H,14H2,1-2H3/b9-6+/t21-/m1/s1. The van der Waals surface area contributed by atoms with Crippen molar-refractivity contribution in [1.29, 1.82) is 0 Å². The molecule has 0 fully saturated rings. The van der Waals surface area contributed by atoms with Crippen molar-refractivity contribution in [3.8, 4) is 0 Å². The third-order valence-corrected chi connectivity index (χ3v) is 4.68. The highest BCUT2D eigenvalue weighted by atomic mass is 35.5. The number of rotatable bonds is 5. The van der Waals surface area contributed by atoms with Gasteiger partial charge in [0.15, 0.2) is 5.54 Å². The van der Waals surface area contributed by atoms with E-state index in [1.165, 1.54) is 0 Å². The summed E-state index contributed by atoms with van der Waals surface area (Å²) >= 11 is 5.92. The van der Waals surface area contributed by atoms with Gasteiger partial charge in [0.05, 0.1) is 0 Å². The first kappa shape index (κ1) is 17.4. The maximum absolute atomic E-state index is 12.6. The number of hydrogen-bond acceptors (Lipinski definition) is 3. The largest absolute Gasteiger partial charge is 0.405 e. The molecule has 2 aromatic rings. The minimum Gasteiger partial charge on any atom is -0.405 e. The monoisotopic (exact) mass is 353 g/mol. The molecule has 0 radical (unpaired) electrons. The van der Waals surface area contributed by atoms with E-state index < -0.39 is 5.54 Å². The summed E-state index contributed by atoms with van der Waals surface area (Å²) in [5.74, 6) is 0.0823. The average Bonchev–Trinajstić information content (AvgIpc) is 2.94. The van der Waals surface area contributed by atoms with Crippen LogP contribution < -0.4 is 0 Å². The number of benzene rings is 2. The van der Waals surface area contributed by atoms with Crippen LogP contribution in [0.5, 0.6) is 0 Å². The second-order valence-corrected chi connectivity index (χ2v) is 6.85. The second kappa shape index (κ2) is 7.24. The van der Waals surface area contributed by atoms with E-state index in [1.54, 1.807) is 12.1 Å². The lowest BCUT2D eigenvalue weighted by Gasteiger charge is -2.24. The molecule has 0 aliphatic carbocycles. The molecule has 3 nitrogen and oxygen atoms in total. The average molecular weight is 354 g/mol. The molecular formula is C21H20ClNO2. The molecule has 0 spiro atoms. The van der Waals surface area contributed by atoms with Crippen LogP contribution in [0.4, 0.5) is 0 Å². The van der Waals surface area contributed by atoms with Crippen LogP contribution in [-0.4, -0.2) is 17.4 Å². The van der Waals surface area contributed by atoms with Gasteiger partial charge in [0.2, 0.25) is 5.90 Å². The molecule has 0 unspecified atom stereocenters. The maximum atomic E-state index is 12.6. The van der Waals surface area contributed by atoms with Crippen molar-refractivity contribution in [3.63, 3.8) is 0 Å². The van der Waals surface area contributed by atoms with Gasteiger partial charge < -0.3 is 4.74 Å². The van der Waals surface area contributed by atoms with E-state index in [4.69, 9.17) is 16.3 Å². The number of hydrogen-bond donors (Lipinski definition) is 0. The van der Waals surface area contributed by atoms with Crippen LogP contribution in [0.1, 0.15) is 31.4 Å². The predicted octanol–water partition coefficient (Wildman–Crippen LogP) is 5.14. The molecule has 1 aliphatic heterocycles. The van der Waals surface area contributed by atoms with Gasteiger partial charge in [0, 0.05) is 17.0 Å². The van der Waals surface area contributed by atoms with Crippen molar-refractivity contribution in [2.24, 2.45) is 10.9 Å². The lowest BCUT2D eigenvalue weighted by atomic mass is 9.84. The number of aliphatic imine (C=N–C) groups is 1. The van der Waals surface area contributed by atoms with E-state index >= 15 is 0 Å². The fraction of sp³-hybridized carbons (Fsp3) is 0.238. The van der Waals surface area contributed by atoms with Crippen molar-refractivity contribution in [3.05, 3.63) is 76.8 Å². The summed E-state index contributed by atoms with van der Waals surface area (Å²) in [4.78, 5) is 17.3. The lowest BCUT2D eigenvalue weighted by molar-refractivity contribution is -0.140. The van der Waals surface area contributed by atoms with E-state index in [2.05, 4.69) is 4.99 Å². The van der Waals surface area contributed by atoms with Crippen LogP contribution in [-0.2, 0) is 9.53 Å². The second-order valence-electron chi connectivity index (χ2n) is 6.41. The van der Waals surface area contributed by atoms with Gasteiger partial charge >= 0.3 is 5.97 Å².